The number of nitriles is 1. The number of rotatable bonds is 7. The van der Waals surface area contributed by atoms with Gasteiger partial charge in [-0.15, -0.1) is 0 Å². The molecule has 2 heterocycles. The zero-order chi connectivity index (χ0) is 22.5. The summed E-state index contributed by atoms with van der Waals surface area (Å²) in [6.45, 7) is 3.94. The molecule has 1 N–H and O–H groups in total. The first-order chi connectivity index (χ1) is 15.6. The van der Waals surface area contributed by atoms with E-state index in [1.54, 1.807) is 12.4 Å². The summed E-state index contributed by atoms with van der Waals surface area (Å²) in [5.41, 5.74) is 5.92. The lowest BCUT2D eigenvalue weighted by molar-refractivity contribution is -0.118. The number of pyridine rings is 2. The van der Waals surface area contributed by atoms with E-state index in [0.717, 1.165) is 39.0 Å². The Balaban J connectivity index is 1.72. The third-order valence-electron chi connectivity index (χ3n) is 5.58. The Morgan fingerprint density at radius 2 is 1.81 bits per heavy atom. The molecule has 0 fully saturated rings. The smallest absolute Gasteiger partial charge is 0.138 e. The standard InChI is InChI=1S/C27H24N4O/c1-3-24(32)14-23-11-9-21(16-29-23)20-10-12-26-25(13-20)27(22(15-28)17-30-26)31-18(2)19-7-5-4-6-8-19/h4-13,16-18H,3,14H2,1-2H3,(H,30,31). The number of fused-ring (bicyclic) bond motifs is 1. The van der Waals surface area contributed by atoms with Crippen molar-refractivity contribution in [3.05, 3.63) is 89.9 Å². The lowest BCUT2D eigenvalue weighted by Crippen LogP contribution is -2.08. The average molecular weight is 421 g/mol. The van der Waals surface area contributed by atoms with E-state index in [1.807, 2.05) is 55.5 Å². The van der Waals surface area contributed by atoms with Crippen molar-refractivity contribution < 1.29 is 4.79 Å². The monoisotopic (exact) mass is 420 g/mol. The molecule has 0 saturated carbocycles. The van der Waals surface area contributed by atoms with Crippen LogP contribution in [-0.4, -0.2) is 15.8 Å². The minimum atomic E-state index is 0.0228. The van der Waals surface area contributed by atoms with Gasteiger partial charge in [0.15, 0.2) is 0 Å². The van der Waals surface area contributed by atoms with E-state index < -0.39 is 0 Å². The summed E-state index contributed by atoms with van der Waals surface area (Å²) < 4.78 is 0. The van der Waals surface area contributed by atoms with Crippen LogP contribution in [0, 0.1) is 11.3 Å². The number of Topliss-reactive ketones (excluding diaryl/α,β-unsaturated/α-hetero) is 1. The SMILES string of the molecule is CCC(=O)Cc1ccc(-c2ccc3ncc(C#N)c(NC(C)c4ccccc4)c3c2)cn1. The molecule has 1 atom stereocenters. The molecule has 2 aromatic carbocycles. The second kappa shape index (κ2) is 9.40. The number of ketones is 1. The van der Waals surface area contributed by atoms with Crippen LogP contribution in [0.2, 0.25) is 0 Å². The van der Waals surface area contributed by atoms with Gasteiger partial charge in [-0.2, -0.15) is 5.26 Å². The molecule has 0 bridgehead atoms. The number of hydrogen-bond acceptors (Lipinski definition) is 5. The quantitative estimate of drug-likeness (QED) is 0.405. The van der Waals surface area contributed by atoms with E-state index >= 15 is 0 Å². The van der Waals surface area contributed by atoms with Gasteiger partial charge in [-0.3, -0.25) is 14.8 Å². The predicted octanol–water partition coefficient (Wildman–Crippen LogP) is 5.86. The number of carbonyl (C=O) groups is 1. The van der Waals surface area contributed by atoms with E-state index in [-0.39, 0.29) is 11.8 Å². The van der Waals surface area contributed by atoms with Crippen molar-refractivity contribution in [2.24, 2.45) is 0 Å². The molecule has 158 valence electrons. The van der Waals surface area contributed by atoms with Crippen molar-refractivity contribution in [2.45, 2.75) is 32.7 Å². The molecule has 5 heteroatoms. The van der Waals surface area contributed by atoms with Crippen LogP contribution in [0.1, 0.15) is 43.1 Å². The van der Waals surface area contributed by atoms with Gasteiger partial charge in [0.25, 0.3) is 0 Å². The Morgan fingerprint density at radius 1 is 1.03 bits per heavy atom. The van der Waals surface area contributed by atoms with Gasteiger partial charge in [0.05, 0.1) is 16.8 Å². The second-order valence-electron chi connectivity index (χ2n) is 7.77. The van der Waals surface area contributed by atoms with Gasteiger partial charge < -0.3 is 5.32 Å². The van der Waals surface area contributed by atoms with E-state index in [2.05, 4.69) is 40.4 Å². The summed E-state index contributed by atoms with van der Waals surface area (Å²) in [4.78, 5) is 20.6. The number of nitrogens with one attached hydrogen (secondary N) is 1. The minimum Gasteiger partial charge on any atom is -0.377 e. The summed E-state index contributed by atoms with van der Waals surface area (Å²) in [6, 6.07) is 22.3. The summed E-state index contributed by atoms with van der Waals surface area (Å²) in [5.74, 6) is 0.175. The summed E-state index contributed by atoms with van der Waals surface area (Å²) >= 11 is 0. The highest BCUT2D eigenvalue weighted by atomic mass is 16.1. The Labute approximate surface area is 187 Å². The molecule has 2 aromatic heterocycles. The van der Waals surface area contributed by atoms with Gasteiger partial charge in [-0.05, 0) is 36.2 Å². The summed E-state index contributed by atoms with van der Waals surface area (Å²) in [7, 11) is 0. The van der Waals surface area contributed by atoms with Crippen molar-refractivity contribution in [1.82, 2.24) is 9.97 Å². The van der Waals surface area contributed by atoms with Crippen LogP contribution in [-0.2, 0) is 11.2 Å². The fourth-order valence-corrected chi connectivity index (χ4v) is 3.68. The van der Waals surface area contributed by atoms with Crippen LogP contribution in [0.4, 0.5) is 5.69 Å². The Morgan fingerprint density at radius 3 is 2.50 bits per heavy atom. The number of carbonyl (C=O) groups excluding carboxylic acids is 1. The molecule has 0 aliphatic heterocycles. The lowest BCUT2D eigenvalue weighted by Gasteiger charge is -2.18. The molecule has 0 saturated heterocycles. The largest absolute Gasteiger partial charge is 0.377 e. The number of hydrogen-bond donors (Lipinski definition) is 1. The lowest BCUT2D eigenvalue weighted by atomic mass is 10.0. The summed E-state index contributed by atoms with van der Waals surface area (Å²) in [5, 5.41) is 14.1. The highest BCUT2D eigenvalue weighted by Crippen LogP contribution is 2.32. The maximum atomic E-state index is 11.7. The van der Waals surface area contributed by atoms with Gasteiger partial charge in [-0.25, -0.2) is 0 Å². The molecular formula is C27H24N4O. The predicted molar refractivity (Wildman–Crippen MR) is 127 cm³/mol. The molecule has 0 amide bonds. The maximum Gasteiger partial charge on any atom is 0.138 e. The average Bonchev–Trinajstić information content (AvgIpc) is 2.84. The van der Waals surface area contributed by atoms with Gasteiger partial charge in [0.2, 0.25) is 0 Å². The molecule has 32 heavy (non-hydrogen) atoms. The first-order valence-electron chi connectivity index (χ1n) is 10.7. The van der Waals surface area contributed by atoms with E-state index in [1.165, 1.54) is 0 Å². The first kappa shape index (κ1) is 21.2. The molecule has 0 aliphatic rings. The number of nitrogens with zero attached hydrogens (tertiary/aromatic N) is 3. The van der Waals surface area contributed by atoms with Gasteiger partial charge in [0.1, 0.15) is 11.9 Å². The minimum absolute atomic E-state index is 0.0228. The fourth-order valence-electron chi connectivity index (χ4n) is 3.68. The fraction of sp³-hybridized carbons (Fsp3) is 0.185. The Kier molecular flexibility index (Phi) is 6.23. The Bertz CT molecular complexity index is 1290. The highest BCUT2D eigenvalue weighted by molar-refractivity contribution is 5.96. The van der Waals surface area contributed by atoms with Crippen molar-refractivity contribution in [3.63, 3.8) is 0 Å². The van der Waals surface area contributed by atoms with Crippen molar-refractivity contribution in [3.8, 4) is 17.2 Å². The second-order valence-corrected chi connectivity index (χ2v) is 7.77. The van der Waals surface area contributed by atoms with Crippen molar-refractivity contribution in [1.29, 1.82) is 5.26 Å². The van der Waals surface area contributed by atoms with Crippen LogP contribution in [0.15, 0.2) is 73.1 Å². The molecule has 0 aliphatic carbocycles. The topological polar surface area (TPSA) is 78.7 Å². The van der Waals surface area contributed by atoms with Gasteiger partial charge in [-0.1, -0.05) is 49.4 Å². The van der Waals surface area contributed by atoms with Crippen LogP contribution < -0.4 is 5.32 Å². The van der Waals surface area contributed by atoms with E-state index in [4.69, 9.17) is 0 Å². The number of benzene rings is 2. The number of aromatic nitrogens is 2. The molecule has 1 unspecified atom stereocenters. The highest BCUT2D eigenvalue weighted by Gasteiger charge is 2.14. The molecule has 4 aromatic rings. The zero-order valence-corrected chi connectivity index (χ0v) is 18.2. The Hall–Kier alpha value is -4.04. The first-order valence-corrected chi connectivity index (χ1v) is 10.7. The van der Waals surface area contributed by atoms with Crippen molar-refractivity contribution >= 4 is 22.4 Å². The molecular weight excluding hydrogens is 396 g/mol. The molecule has 0 radical (unpaired) electrons. The maximum absolute atomic E-state index is 11.7. The van der Waals surface area contributed by atoms with Gasteiger partial charge >= 0.3 is 0 Å². The number of anilines is 1. The van der Waals surface area contributed by atoms with E-state index in [0.29, 0.717) is 18.4 Å². The summed E-state index contributed by atoms with van der Waals surface area (Å²) in [6.07, 6.45) is 4.28. The molecule has 5 nitrogen and oxygen atoms in total. The van der Waals surface area contributed by atoms with Crippen LogP contribution in [0.5, 0.6) is 0 Å². The van der Waals surface area contributed by atoms with Crippen LogP contribution in [0.3, 0.4) is 0 Å². The normalized spacial score (nSPS) is 11.7. The van der Waals surface area contributed by atoms with E-state index in [9.17, 15) is 10.1 Å². The molecule has 4 rings (SSSR count). The van der Waals surface area contributed by atoms with Crippen LogP contribution in [0.25, 0.3) is 22.0 Å². The third-order valence-corrected chi connectivity index (χ3v) is 5.58. The third kappa shape index (κ3) is 4.50. The van der Waals surface area contributed by atoms with Gasteiger partial charge in [0, 0.05) is 47.9 Å². The molecule has 0 spiro atoms. The zero-order valence-electron chi connectivity index (χ0n) is 18.2. The van der Waals surface area contributed by atoms with Crippen LogP contribution >= 0.6 is 0 Å². The van der Waals surface area contributed by atoms with Crippen molar-refractivity contribution in [2.75, 3.05) is 5.32 Å².